The average Bonchev–Trinajstić information content (AvgIpc) is 2.15. The summed E-state index contributed by atoms with van der Waals surface area (Å²) >= 11 is 2.22. The van der Waals surface area contributed by atoms with Crippen LogP contribution in [0.1, 0.15) is 13.8 Å². The van der Waals surface area contributed by atoms with Crippen LogP contribution < -0.4 is 10.6 Å². The standard InChI is InChI=1S/C9H15IN4/c1-7(2)12-3-4-13-9-8(10)5-11-6-14-9/h5-7,12H,3-4H2,1-2H3,(H,11,13,14). The second-order valence-electron chi connectivity index (χ2n) is 3.25. The van der Waals surface area contributed by atoms with Crippen LogP contribution in [0.4, 0.5) is 5.82 Å². The second kappa shape index (κ2) is 6.13. The zero-order chi connectivity index (χ0) is 10.4. The van der Waals surface area contributed by atoms with Gasteiger partial charge in [0, 0.05) is 25.3 Å². The van der Waals surface area contributed by atoms with E-state index in [1.54, 1.807) is 12.5 Å². The van der Waals surface area contributed by atoms with E-state index in [0.29, 0.717) is 6.04 Å². The number of halogens is 1. The molecule has 5 heteroatoms. The summed E-state index contributed by atoms with van der Waals surface area (Å²) in [6.07, 6.45) is 3.35. The smallest absolute Gasteiger partial charge is 0.142 e. The monoisotopic (exact) mass is 306 g/mol. The SMILES string of the molecule is CC(C)NCCNc1ncncc1I. The van der Waals surface area contributed by atoms with Crippen LogP contribution in [0.25, 0.3) is 0 Å². The molecule has 0 fully saturated rings. The Balaban J connectivity index is 2.28. The molecule has 78 valence electrons. The van der Waals surface area contributed by atoms with Crippen LogP contribution in [-0.2, 0) is 0 Å². The highest BCUT2D eigenvalue weighted by atomic mass is 127. The van der Waals surface area contributed by atoms with Crippen molar-refractivity contribution in [3.8, 4) is 0 Å². The molecular formula is C9H15IN4. The van der Waals surface area contributed by atoms with Crippen molar-refractivity contribution in [3.05, 3.63) is 16.1 Å². The number of hydrogen-bond donors (Lipinski definition) is 2. The molecule has 0 aliphatic rings. The molecule has 1 heterocycles. The van der Waals surface area contributed by atoms with Gasteiger partial charge < -0.3 is 10.6 Å². The average molecular weight is 306 g/mol. The number of rotatable bonds is 5. The summed E-state index contributed by atoms with van der Waals surface area (Å²) in [5.41, 5.74) is 0. The third-order valence-electron chi connectivity index (χ3n) is 1.64. The lowest BCUT2D eigenvalue weighted by molar-refractivity contribution is 0.602. The van der Waals surface area contributed by atoms with Gasteiger partial charge >= 0.3 is 0 Å². The van der Waals surface area contributed by atoms with Gasteiger partial charge in [-0.3, -0.25) is 0 Å². The van der Waals surface area contributed by atoms with E-state index in [0.717, 1.165) is 22.5 Å². The fraction of sp³-hybridized carbons (Fsp3) is 0.556. The summed E-state index contributed by atoms with van der Waals surface area (Å²) < 4.78 is 1.05. The van der Waals surface area contributed by atoms with Crippen LogP contribution in [0, 0.1) is 3.57 Å². The van der Waals surface area contributed by atoms with E-state index < -0.39 is 0 Å². The highest BCUT2D eigenvalue weighted by molar-refractivity contribution is 14.1. The predicted octanol–water partition coefficient (Wildman–Crippen LogP) is 1.49. The van der Waals surface area contributed by atoms with E-state index in [2.05, 4.69) is 57.0 Å². The Morgan fingerprint density at radius 3 is 2.86 bits per heavy atom. The van der Waals surface area contributed by atoms with E-state index in [1.165, 1.54) is 0 Å². The fourth-order valence-corrected chi connectivity index (χ4v) is 1.48. The molecule has 14 heavy (non-hydrogen) atoms. The van der Waals surface area contributed by atoms with Crippen molar-refractivity contribution in [2.45, 2.75) is 19.9 Å². The molecule has 1 rings (SSSR count). The summed E-state index contributed by atoms with van der Waals surface area (Å²) in [6, 6.07) is 0.529. The number of nitrogens with zero attached hydrogens (tertiary/aromatic N) is 2. The molecule has 0 radical (unpaired) electrons. The first kappa shape index (κ1) is 11.6. The van der Waals surface area contributed by atoms with Crippen LogP contribution in [0.15, 0.2) is 12.5 Å². The zero-order valence-corrected chi connectivity index (χ0v) is 10.6. The molecule has 0 amide bonds. The van der Waals surface area contributed by atoms with Crippen molar-refractivity contribution in [1.82, 2.24) is 15.3 Å². The first-order chi connectivity index (χ1) is 6.70. The van der Waals surface area contributed by atoms with Crippen LogP contribution in [-0.4, -0.2) is 29.1 Å². The van der Waals surface area contributed by atoms with Gasteiger partial charge in [0.05, 0.1) is 3.57 Å². The van der Waals surface area contributed by atoms with Crippen molar-refractivity contribution in [1.29, 1.82) is 0 Å². The van der Waals surface area contributed by atoms with Crippen molar-refractivity contribution in [3.63, 3.8) is 0 Å². The summed E-state index contributed by atoms with van der Waals surface area (Å²) in [5.74, 6) is 0.908. The zero-order valence-electron chi connectivity index (χ0n) is 8.42. The van der Waals surface area contributed by atoms with Gasteiger partial charge in [-0.15, -0.1) is 0 Å². The molecule has 0 spiro atoms. The maximum absolute atomic E-state index is 4.14. The van der Waals surface area contributed by atoms with Gasteiger partial charge in [0.15, 0.2) is 0 Å². The number of hydrogen-bond acceptors (Lipinski definition) is 4. The third-order valence-corrected chi connectivity index (χ3v) is 2.43. The van der Waals surface area contributed by atoms with E-state index >= 15 is 0 Å². The van der Waals surface area contributed by atoms with Gasteiger partial charge in [-0.1, -0.05) is 13.8 Å². The van der Waals surface area contributed by atoms with E-state index in [4.69, 9.17) is 0 Å². The largest absolute Gasteiger partial charge is 0.368 e. The first-order valence-electron chi connectivity index (χ1n) is 4.63. The lowest BCUT2D eigenvalue weighted by Crippen LogP contribution is -2.28. The molecule has 1 aromatic rings. The van der Waals surface area contributed by atoms with Crippen molar-refractivity contribution in [2.24, 2.45) is 0 Å². The Bertz CT molecular complexity index is 277. The number of aromatic nitrogens is 2. The molecule has 4 nitrogen and oxygen atoms in total. The predicted molar refractivity (Wildman–Crippen MR) is 66.4 cm³/mol. The first-order valence-corrected chi connectivity index (χ1v) is 5.71. The van der Waals surface area contributed by atoms with Gasteiger partial charge in [-0.05, 0) is 22.6 Å². The second-order valence-corrected chi connectivity index (χ2v) is 4.42. The normalized spacial score (nSPS) is 10.6. The molecule has 0 unspecified atom stereocenters. The molecule has 0 aliphatic carbocycles. The number of anilines is 1. The highest BCUT2D eigenvalue weighted by Gasteiger charge is 1.98. The molecule has 0 aliphatic heterocycles. The Labute approximate surface area is 98.1 Å². The minimum absolute atomic E-state index is 0.529. The van der Waals surface area contributed by atoms with Crippen molar-refractivity contribution >= 4 is 28.4 Å². The third kappa shape index (κ3) is 4.19. The van der Waals surface area contributed by atoms with Gasteiger partial charge in [0.25, 0.3) is 0 Å². The molecule has 0 atom stereocenters. The Kier molecular flexibility index (Phi) is 5.10. The van der Waals surface area contributed by atoms with Crippen molar-refractivity contribution < 1.29 is 0 Å². The molecule has 0 aromatic carbocycles. The minimum atomic E-state index is 0.529. The minimum Gasteiger partial charge on any atom is -0.368 e. The molecule has 1 aromatic heterocycles. The summed E-state index contributed by atoms with van der Waals surface area (Å²) in [5, 5.41) is 6.57. The molecule has 0 saturated carbocycles. The van der Waals surface area contributed by atoms with E-state index in [9.17, 15) is 0 Å². The van der Waals surface area contributed by atoms with Crippen molar-refractivity contribution in [2.75, 3.05) is 18.4 Å². The summed E-state index contributed by atoms with van der Waals surface area (Å²) in [7, 11) is 0. The van der Waals surface area contributed by atoms with Crippen LogP contribution >= 0.6 is 22.6 Å². The highest BCUT2D eigenvalue weighted by Crippen LogP contribution is 2.11. The molecule has 0 saturated heterocycles. The molecule has 0 bridgehead atoms. The topological polar surface area (TPSA) is 49.8 Å². The molecule has 2 N–H and O–H groups in total. The van der Waals surface area contributed by atoms with Gasteiger partial charge in [-0.25, -0.2) is 9.97 Å². The quantitative estimate of drug-likeness (QED) is 0.639. The number of nitrogens with one attached hydrogen (secondary N) is 2. The summed E-state index contributed by atoms with van der Waals surface area (Å²) in [4.78, 5) is 8.06. The lowest BCUT2D eigenvalue weighted by Gasteiger charge is -2.09. The Morgan fingerprint density at radius 1 is 1.43 bits per heavy atom. The van der Waals surface area contributed by atoms with Crippen LogP contribution in [0.3, 0.4) is 0 Å². The van der Waals surface area contributed by atoms with Gasteiger partial charge in [0.1, 0.15) is 12.1 Å². The van der Waals surface area contributed by atoms with E-state index in [-0.39, 0.29) is 0 Å². The Hall–Kier alpha value is -0.430. The van der Waals surface area contributed by atoms with Crippen LogP contribution in [0.2, 0.25) is 0 Å². The maximum Gasteiger partial charge on any atom is 0.142 e. The van der Waals surface area contributed by atoms with Crippen LogP contribution in [0.5, 0.6) is 0 Å². The Morgan fingerprint density at radius 2 is 2.21 bits per heavy atom. The fourth-order valence-electron chi connectivity index (χ4n) is 0.984. The lowest BCUT2D eigenvalue weighted by atomic mass is 10.4. The maximum atomic E-state index is 4.14. The summed E-state index contributed by atoms with van der Waals surface area (Å²) in [6.45, 7) is 6.09. The van der Waals surface area contributed by atoms with E-state index in [1.807, 2.05) is 0 Å². The van der Waals surface area contributed by atoms with Gasteiger partial charge in [-0.2, -0.15) is 0 Å². The molecular weight excluding hydrogens is 291 g/mol. The van der Waals surface area contributed by atoms with Gasteiger partial charge in [0.2, 0.25) is 0 Å².